The molecule has 8 aromatic carbocycles. The zero-order valence-corrected chi connectivity index (χ0v) is 70.7. The maximum absolute atomic E-state index is 14.9. The van der Waals surface area contributed by atoms with Gasteiger partial charge in [-0.05, 0) is 296 Å². The Balaban J connectivity index is 0.000000131. The molecular weight excluding hydrogens is 1350 g/mol. The quantitative estimate of drug-likeness (QED) is 0.108. The normalized spacial score (nSPS) is 28.2. The van der Waals surface area contributed by atoms with Crippen molar-refractivity contribution in [1.29, 1.82) is 0 Å². The second-order valence-corrected chi connectivity index (χ2v) is 38.4. The maximum Gasteiger partial charge on any atom is 0.131 e. The van der Waals surface area contributed by atoms with Gasteiger partial charge in [-0.2, -0.15) is 0 Å². The van der Waals surface area contributed by atoms with Crippen molar-refractivity contribution >= 4 is 0 Å². The average Bonchev–Trinajstić information content (AvgIpc) is 0.825. The van der Waals surface area contributed by atoms with Crippen molar-refractivity contribution < 1.29 is 13.2 Å². The summed E-state index contributed by atoms with van der Waals surface area (Å²) in [5.41, 5.74) is 18.2. The molecule has 8 aromatic rings. The number of benzene rings is 8. The van der Waals surface area contributed by atoms with Gasteiger partial charge in [0.25, 0.3) is 0 Å². The molecule has 0 unspecified atom stereocenters. The van der Waals surface area contributed by atoms with Crippen LogP contribution in [0.5, 0.6) is 0 Å². The third-order valence-electron chi connectivity index (χ3n) is 29.3. The van der Waals surface area contributed by atoms with Crippen LogP contribution in [0.15, 0.2) is 176 Å². The smallest absolute Gasteiger partial charge is 0.131 e. The molecule has 111 heavy (non-hydrogen) atoms. The molecule has 0 N–H and O–H groups in total. The fourth-order valence-electron chi connectivity index (χ4n) is 20.8. The molecule has 8 saturated carbocycles. The Labute approximate surface area is 673 Å². The molecule has 0 amide bonds. The molecular formula is C108H143F3. The van der Waals surface area contributed by atoms with Gasteiger partial charge in [0.05, 0.1) is 0 Å². The third kappa shape index (κ3) is 24.8. The highest BCUT2D eigenvalue weighted by atomic mass is 19.1. The Bertz CT molecular complexity index is 3920. The minimum atomic E-state index is -0.130. The van der Waals surface area contributed by atoms with Crippen LogP contribution in [0.25, 0.3) is 44.5 Å². The van der Waals surface area contributed by atoms with E-state index >= 15 is 0 Å². The second kappa shape index (κ2) is 41.7. The van der Waals surface area contributed by atoms with E-state index in [1.165, 1.54) is 225 Å². The maximum atomic E-state index is 14.9. The lowest BCUT2D eigenvalue weighted by Gasteiger charge is -2.36. The Morgan fingerprint density at radius 2 is 0.459 bits per heavy atom. The van der Waals surface area contributed by atoms with Gasteiger partial charge in [0, 0.05) is 16.7 Å². The van der Waals surface area contributed by atoms with Crippen LogP contribution in [0.1, 0.15) is 341 Å². The molecule has 0 heterocycles. The predicted molar refractivity (Wildman–Crippen MR) is 470 cm³/mol. The highest BCUT2D eigenvalue weighted by molar-refractivity contribution is 5.68. The van der Waals surface area contributed by atoms with Crippen molar-refractivity contribution in [3.05, 3.63) is 238 Å². The summed E-state index contributed by atoms with van der Waals surface area (Å²) in [6.45, 7) is 23.0. The first kappa shape index (κ1) is 84.0. The number of hydrogen-bond donors (Lipinski definition) is 0. The van der Waals surface area contributed by atoms with E-state index in [0.29, 0.717) is 28.9 Å². The first-order valence-electron chi connectivity index (χ1n) is 45.6. The Morgan fingerprint density at radius 1 is 0.225 bits per heavy atom. The zero-order valence-electron chi connectivity index (χ0n) is 70.7. The van der Waals surface area contributed by atoms with E-state index in [4.69, 9.17) is 0 Å². The number of rotatable bonds is 13. The van der Waals surface area contributed by atoms with Gasteiger partial charge >= 0.3 is 0 Å². The summed E-state index contributed by atoms with van der Waals surface area (Å²) in [6.07, 6.45) is 46.5. The van der Waals surface area contributed by atoms with Crippen LogP contribution in [0.4, 0.5) is 13.2 Å². The van der Waals surface area contributed by atoms with Gasteiger partial charge in [-0.1, -0.05) is 334 Å². The minimum Gasteiger partial charge on any atom is -0.206 e. The van der Waals surface area contributed by atoms with E-state index in [1.54, 1.807) is 55.0 Å². The van der Waals surface area contributed by atoms with E-state index < -0.39 is 0 Å². The molecule has 0 spiro atoms. The third-order valence-corrected chi connectivity index (χ3v) is 29.3. The highest BCUT2D eigenvalue weighted by Crippen LogP contribution is 2.45. The van der Waals surface area contributed by atoms with E-state index in [2.05, 4.69) is 165 Å². The van der Waals surface area contributed by atoms with Crippen LogP contribution in [0.3, 0.4) is 0 Å². The molecule has 596 valence electrons. The first-order valence-corrected chi connectivity index (χ1v) is 45.6. The lowest BCUT2D eigenvalue weighted by molar-refractivity contribution is 0.155. The van der Waals surface area contributed by atoms with Crippen LogP contribution in [0, 0.1) is 96.4 Å². The molecule has 0 aliphatic heterocycles. The van der Waals surface area contributed by atoms with Gasteiger partial charge in [0.2, 0.25) is 0 Å². The molecule has 0 aromatic heterocycles. The van der Waals surface area contributed by atoms with Crippen LogP contribution in [-0.2, 0) is 6.42 Å². The van der Waals surface area contributed by atoms with Crippen molar-refractivity contribution in [1.82, 2.24) is 0 Å². The van der Waals surface area contributed by atoms with E-state index in [-0.39, 0.29) is 17.5 Å². The molecule has 0 atom stereocenters. The van der Waals surface area contributed by atoms with Crippen LogP contribution in [0.2, 0.25) is 0 Å². The molecule has 16 rings (SSSR count). The first-order chi connectivity index (χ1) is 53.8. The molecule has 0 bridgehead atoms. The summed E-state index contributed by atoms with van der Waals surface area (Å²) in [4.78, 5) is 0. The van der Waals surface area contributed by atoms with E-state index in [0.717, 1.165) is 111 Å². The van der Waals surface area contributed by atoms with E-state index in [9.17, 15) is 13.2 Å². The van der Waals surface area contributed by atoms with Crippen molar-refractivity contribution in [2.75, 3.05) is 0 Å². The summed E-state index contributed by atoms with van der Waals surface area (Å²) in [5.74, 6) is 13.6. The topological polar surface area (TPSA) is 0 Å². The molecule has 8 fully saturated rings. The van der Waals surface area contributed by atoms with E-state index in [1.807, 2.05) is 62.4 Å². The summed E-state index contributed by atoms with van der Waals surface area (Å²) in [6, 6.07) is 61.3. The minimum absolute atomic E-state index is 0.0645. The molecule has 0 saturated heterocycles. The summed E-state index contributed by atoms with van der Waals surface area (Å²) < 4.78 is 43.4. The van der Waals surface area contributed by atoms with Crippen molar-refractivity contribution in [3.8, 4) is 44.5 Å². The van der Waals surface area contributed by atoms with Crippen molar-refractivity contribution in [2.45, 2.75) is 317 Å². The average molecular weight is 1500 g/mol. The molecule has 0 nitrogen and oxygen atoms in total. The molecule has 8 aliphatic carbocycles. The Kier molecular flexibility index (Phi) is 31.6. The van der Waals surface area contributed by atoms with Crippen molar-refractivity contribution in [3.63, 3.8) is 0 Å². The lowest BCUT2D eigenvalue weighted by Crippen LogP contribution is -2.24. The SMILES string of the molecule is CC1CCC(C2CCC(C)CC2)CC1.CC1CCC(c2ccc(-c3ccc(C4CCC(C)CC4)cc3)cc2)CC1.CC1CCC(c2ccc(-c3ccc(C4CCC(C)CC4)cc3F)cc2)CC1.Cc1ccc(-c2ccc(C3CCC(C)CC3)cc2F)cc1.Cc1ccc(-c2ccc(CCC3CCC(C)CC3)cc2)c(F)c1. The highest BCUT2D eigenvalue weighted by Gasteiger charge is 2.30. The lowest BCUT2D eigenvalue weighted by atomic mass is 9.70. The number of hydrogen-bond acceptors (Lipinski definition) is 0. The van der Waals surface area contributed by atoms with Gasteiger partial charge < -0.3 is 0 Å². The Morgan fingerprint density at radius 3 is 0.766 bits per heavy atom. The summed E-state index contributed by atoms with van der Waals surface area (Å²) in [7, 11) is 0. The van der Waals surface area contributed by atoms with Crippen LogP contribution >= 0.6 is 0 Å². The number of halogens is 3. The van der Waals surface area contributed by atoms with Gasteiger partial charge in [-0.15, -0.1) is 0 Å². The largest absolute Gasteiger partial charge is 0.206 e. The predicted octanol–water partition coefficient (Wildman–Crippen LogP) is 33.3. The molecule has 8 aliphatic rings. The van der Waals surface area contributed by atoms with Gasteiger partial charge in [-0.3, -0.25) is 0 Å². The molecule has 3 heteroatoms. The summed E-state index contributed by atoms with van der Waals surface area (Å²) in [5, 5.41) is 0. The fourth-order valence-corrected chi connectivity index (χ4v) is 20.8. The Hall–Kier alpha value is -6.45. The van der Waals surface area contributed by atoms with Gasteiger partial charge in [-0.25, -0.2) is 13.2 Å². The van der Waals surface area contributed by atoms with Gasteiger partial charge in [0.15, 0.2) is 0 Å². The van der Waals surface area contributed by atoms with Crippen molar-refractivity contribution in [2.24, 2.45) is 65.1 Å². The monoisotopic (exact) mass is 1500 g/mol. The number of aryl methyl sites for hydroxylation is 3. The van der Waals surface area contributed by atoms with Gasteiger partial charge in [0.1, 0.15) is 17.5 Å². The molecule has 0 radical (unpaired) electrons. The second-order valence-electron chi connectivity index (χ2n) is 38.4. The van der Waals surface area contributed by atoms with Crippen LogP contribution < -0.4 is 0 Å². The summed E-state index contributed by atoms with van der Waals surface area (Å²) >= 11 is 0. The zero-order chi connectivity index (χ0) is 77.8. The van der Waals surface area contributed by atoms with Crippen LogP contribution in [-0.4, -0.2) is 0 Å². The standard InChI is InChI=1S/C26H33F.C26H34.C22H27F.C20H23F.C14H26/c1-18-3-7-20(8-4-18)21-11-13-23(14-12-21)25-16-15-24(17-26(25)27)22-9-5-19(2)6-10-22;1-19-3-7-21(8-4-19)23-11-15-25(16-12-23)26-17-13-24(14-18-26)22-9-5-20(2)6-10-22;1-16-3-6-18(7-4-16)8-9-19-10-12-20(13-11-19)21-14-5-17(2)15-22(21)23;1-14-3-7-16(8-4-14)18-11-12-19(20(21)13-18)17-9-5-15(2)6-10-17;1-11-3-7-13(8-4-11)14-9-5-12(2)6-10-14/h11-20,22H,3-10H2,1-2H3;11-22H,3-10H2,1-2H3;5,10-16,18H,3-4,6-9H2,1-2H3;5-6,9-14,16H,3-4,7-8H2,1-2H3;11-14H,3-10H2,1-2H3. The fraction of sp³-hybridized carbons (Fsp3) is 0.556.